The van der Waals surface area contributed by atoms with Crippen molar-refractivity contribution in [3.8, 4) is 0 Å². The van der Waals surface area contributed by atoms with Crippen molar-refractivity contribution in [1.29, 1.82) is 0 Å². The first kappa shape index (κ1) is 13.2. The Morgan fingerprint density at radius 1 is 1.22 bits per heavy atom. The van der Waals surface area contributed by atoms with Crippen LogP contribution in [-0.2, 0) is 12.8 Å². The van der Waals surface area contributed by atoms with Crippen LogP contribution < -0.4 is 5.73 Å². The van der Waals surface area contributed by atoms with Gasteiger partial charge in [0.15, 0.2) is 0 Å². The van der Waals surface area contributed by atoms with Gasteiger partial charge in [-0.3, -0.25) is 0 Å². The molecule has 0 radical (unpaired) electrons. The summed E-state index contributed by atoms with van der Waals surface area (Å²) in [5.74, 6) is 0. The lowest BCUT2D eigenvalue weighted by Crippen LogP contribution is -2.13. The van der Waals surface area contributed by atoms with E-state index in [1.807, 2.05) is 0 Å². The fourth-order valence-electron chi connectivity index (χ4n) is 2.20. The highest BCUT2D eigenvalue weighted by Crippen LogP contribution is 2.28. The first-order chi connectivity index (χ1) is 8.67. The Labute approximate surface area is 113 Å². The van der Waals surface area contributed by atoms with Gasteiger partial charge in [-0.25, -0.2) is 4.98 Å². The van der Waals surface area contributed by atoms with Crippen LogP contribution in [0.1, 0.15) is 46.6 Å². The molecule has 1 aromatic heterocycles. The van der Waals surface area contributed by atoms with Crippen LogP contribution in [0.3, 0.4) is 0 Å². The Hall–Kier alpha value is -1.19. The van der Waals surface area contributed by atoms with E-state index in [1.165, 1.54) is 21.7 Å². The third-order valence-corrected chi connectivity index (χ3v) is 4.38. The summed E-state index contributed by atoms with van der Waals surface area (Å²) in [5, 5.41) is 1.03. The lowest BCUT2D eigenvalue weighted by molar-refractivity contribution is 0.827. The topological polar surface area (TPSA) is 38.9 Å². The van der Waals surface area contributed by atoms with Crippen LogP contribution >= 0.6 is 11.3 Å². The molecule has 0 aliphatic rings. The molecule has 96 valence electrons. The highest BCUT2D eigenvalue weighted by molar-refractivity contribution is 7.11. The van der Waals surface area contributed by atoms with Crippen molar-refractivity contribution in [3.63, 3.8) is 0 Å². The first-order valence-electron chi connectivity index (χ1n) is 6.46. The molecule has 0 spiro atoms. The van der Waals surface area contributed by atoms with Crippen LogP contribution in [0.5, 0.6) is 0 Å². The van der Waals surface area contributed by atoms with Gasteiger partial charge in [-0.15, -0.1) is 11.3 Å². The highest BCUT2D eigenvalue weighted by Gasteiger charge is 2.17. The molecule has 1 aromatic carbocycles. The van der Waals surface area contributed by atoms with Gasteiger partial charge in [0.1, 0.15) is 5.01 Å². The maximum absolute atomic E-state index is 6.38. The summed E-state index contributed by atoms with van der Waals surface area (Å²) in [7, 11) is 0. The summed E-state index contributed by atoms with van der Waals surface area (Å²) in [6.45, 7) is 6.42. The van der Waals surface area contributed by atoms with E-state index in [9.17, 15) is 0 Å². The molecule has 0 saturated carbocycles. The second-order valence-electron chi connectivity index (χ2n) is 4.44. The molecule has 0 saturated heterocycles. The third-order valence-electron chi connectivity index (χ3n) is 3.28. The molecule has 0 aliphatic heterocycles. The number of rotatable bonds is 4. The summed E-state index contributed by atoms with van der Waals surface area (Å²) in [6.07, 6.45) is 1.99. The molecular formula is C15H20N2S. The minimum atomic E-state index is -0.0925. The molecule has 0 bridgehead atoms. The van der Waals surface area contributed by atoms with Crippen molar-refractivity contribution in [2.45, 2.75) is 39.7 Å². The molecule has 2 nitrogen and oxygen atoms in total. The number of nitrogens with zero attached hydrogens (tertiary/aromatic N) is 1. The van der Waals surface area contributed by atoms with Crippen LogP contribution in [-0.4, -0.2) is 4.98 Å². The van der Waals surface area contributed by atoms with Crippen molar-refractivity contribution < 1.29 is 0 Å². The fraction of sp³-hybridized carbons (Fsp3) is 0.400. The van der Waals surface area contributed by atoms with Gasteiger partial charge < -0.3 is 5.73 Å². The lowest BCUT2D eigenvalue weighted by atomic mass is 9.99. The maximum atomic E-state index is 6.38. The average molecular weight is 260 g/mol. The van der Waals surface area contributed by atoms with E-state index in [0.717, 1.165) is 17.8 Å². The molecule has 1 heterocycles. The largest absolute Gasteiger partial charge is 0.318 e. The quantitative estimate of drug-likeness (QED) is 0.911. The summed E-state index contributed by atoms with van der Waals surface area (Å²) in [6, 6.07) is 8.29. The van der Waals surface area contributed by atoms with Gasteiger partial charge in [-0.2, -0.15) is 0 Å². The summed E-state index contributed by atoms with van der Waals surface area (Å²) in [5.41, 5.74) is 10.1. The van der Waals surface area contributed by atoms with E-state index in [4.69, 9.17) is 5.73 Å². The Balaban J connectivity index is 2.37. The Bertz CT molecular complexity index is 531. The SMILES string of the molecule is CCc1ccccc1C(N)c1nc(CC)c(C)s1. The first-order valence-corrected chi connectivity index (χ1v) is 7.28. The molecule has 0 aliphatic carbocycles. The normalized spacial score (nSPS) is 12.7. The van der Waals surface area contributed by atoms with Crippen molar-refractivity contribution >= 4 is 11.3 Å². The van der Waals surface area contributed by atoms with E-state index in [1.54, 1.807) is 11.3 Å². The fourth-order valence-corrected chi connectivity index (χ4v) is 3.24. The van der Waals surface area contributed by atoms with E-state index < -0.39 is 0 Å². The Morgan fingerprint density at radius 2 is 1.94 bits per heavy atom. The van der Waals surface area contributed by atoms with Crippen molar-refractivity contribution in [2.75, 3.05) is 0 Å². The van der Waals surface area contributed by atoms with Gasteiger partial charge in [0, 0.05) is 4.88 Å². The smallest absolute Gasteiger partial charge is 0.114 e. The van der Waals surface area contributed by atoms with Crippen molar-refractivity contribution in [2.24, 2.45) is 5.73 Å². The molecule has 1 unspecified atom stereocenters. The number of hydrogen-bond donors (Lipinski definition) is 1. The monoisotopic (exact) mass is 260 g/mol. The molecule has 0 amide bonds. The molecule has 1 atom stereocenters. The molecular weight excluding hydrogens is 240 g/mol. The van der Waals surface area contributed by atoms with E-state index in [2.05, 4.69) is 50.0 Å². The Kier molecular flexibility index (Phi) is 4.15. The average Bonchev–Trinajstić information content (AvgIpc) is 2.79. The molecule has 2 rings (SSSR count). The standard InChI is InChI=1S/C15H20N2S/c1-4-11-8-6-7-9-12(11)14(16)15-17-13(5-2)10(3)18-15/h6-9,14H,4-5,16H2,1-3H3. The second-order valence-corrected chi connectivity index (χ2v) is 5.67. The predicted molar refractivity (Wildman–Crippen MR) is 78.1 cm³/mol. The van der Waals surface area contributed by atoms with Crippen LogP contribution in [0, 0.1) is 6.92 Å². The minimum absolute atomic E-state index is 0.0925. The van der Waals surface area contributed by atoms with Gasteiger partial charge >= 0.3 is 0 Å². The van der Waals surface area contributed by atoms with Crippen LogP contribution in [0.25, 0.3) is 0 Å². The highest BCUT2D eigenvalue weighted by atomic mass is 32.1. The number of nitrogens with two attached hydrogens (primary N) is 1. The molecule has 2 N–H and O–H groups in total. The molecule has 3 heteroatoms. The number of aromatic nitrogens is 1. The van der Waals surface area contributed by atoms with Gasteiger partial charge in [-0.1, -0.05) is 38.1 Å². The van der Waals surface area contributed by atoms with Gasteiger partial charge in [0.2, 0.25) is 0 Å². The summed E-state index contributed by atoms with van der Waals surface area (Å²) in [4.78, 5) is 5.96. The summed E-state index contributed by atoms with van der Waals surface area (Å²) >= 11 is 1.72. The lowest BCUT2D eigenvalue weighted by Gasteiger charge is -2.13. The predicted octanol–water partition coefficient (Wildman–Crippen LogP) is 3.62. The zero-order valence-electron chi connectivity index (χ0n) is 11.2. The second kappa shape index (κ2) is 5.63. The van der Waals surface area contributed by atoms with Crippen LogP contribution in [0.4, 0.5) is 0 Å². The third kappa shape index (κ3) is 2.47. The number of hydrogen-bond acceptors (Lipinski definition) is 3. The molecule has 18 heavy (non-hydrogen) atoms. The Morgan fingerprint density at radius 3 is 2.56 bits per heavy atom. The van der Waals surface area contributed by atoms with Gasteiger partial charge in [0.25, 0.3) is 0 Å². The number of benzene rings is 1. The minimum Gasteiger partial charge on any atom is -0.318 e. The van der Waals surface area contributed by atoms with E-state index in [0.29, 0.717) is 0 Å². The summed E-state index contributed by atoms with van der Waals surface area (Å²) < 4.78 is 0. The van der Waals surface area contributed by atoms with Gasteiger partial charge in [-0.05, 0) is 30.9 Å². The van der Waals surface area contributed by atoms with Crippen LogP contribution in [0.15, 0.2) is 24.3 Å². The van der Waals surface area contributed by atoms with Crippen molar-refractivity contribution in [3.05, 3.63) is 51.0 Å². The molecule has 0 fully saturated rings. The number of thiazole rings is 1. The molecule has 2 aromatic rings. The van der Waals surface area contributed by atoms with Crippen LogP contribution in [0.2, 0.25) is 0 Å². The maximum Gasteiger partial charge on any atom is 0.114 e. The number of aryl methyl sites for hydroxylation is 3. The zero-order valence-corrected chi connectivity index (χ0v) is 12.1. The van der Waals surface area contributed by atoms with Crippen molar-refractivity contribution in [1.82, 2.24) is 4.98 Å². The van der Waals surface area contributed by atoms with E-state index >= 15 is 0 Å². The zero-order chi connectivity index (χ0) is 13.1. The van der Waals surface area contributed by atoms with Gasteiger partial charge in [0.05, 0.1) is 11.7 Å². The van der Waals surface area contributed by atoms with E-state index in [-0.39, 0.29) is 6.04 Å².